The van der Waals surface area contributed by atoms with Crippen LogP contribution in [0.1, 0.15) is 22.7 Å². The van der Waals surface area contributed by atoms with Crippen molar-refractivity contribution in [1.29, 1.82) is 0 Å². The van der Waals surface area contributed by atoms with E-state index in [2.05, 4.69) is 0 Å². The number of aliphatic hydroxyl groups is 1. The van der Waals surface area contributed by atoms with Crippen LogP contribution in [0.4, 0.5) is 0 Å². The van der Waals surface area contributed by atoms with E-state index >= 15 is 0 Å². The van der Waals surface area contributed by atoms with Crippen LogP contribution in [-0.4, -0.2) is 26.8 Å². The number of hydrogen-bond acceptors (Lipinski definition) is 4. The highest BCUT2D eigenvalue weighted by Gasteiger charge is 2.46. The van der Waals surface area contributed by atoms with E-state index in [1.165, 1.54) is 17.0 Å². The predicted octanol–water partition coefficient (Wildman–Crippen LogP) is 4.67. The van der Waals surface area contributed by atoms with Crippen LogP contribution in [0.25, 0.3) is 5.76 Å². The van der Waals surface area contributed by atoms with Gasteiger partial charge in [0.1, 0.15) is 11.5 Å². The van der Waals surface area contributed by atoms with E-state index in [0.29, 0.717) is 16.1 Å². The number of nitrogens with zero attached hydrogens (tertiary/aromatic N) is 1. The first kappa shape index (κ1) is 19.7. The fraction of sp³-hybridized carbons (Fsp3) is 0.0833. The number of hydrogen-bond donors (Lipinski definition) is 2. The number of Topliss-reactive ketones (excluding diaryl/α,β-unsaturated/α-hetero) is 1. The van der Waals surface area contributed by atoms with Crippen molar-refractivity contribution in [2.24, 2.45) is 0 Å². The van der Waals surface area contributed by atoms with Gasteiger partial charge in [-0.05, 0) is 47.5 Å². The molecule has 2 N–H and O–H groups in total. The lowest BCUT2D eigenvalue weighted by atomic mass is 9.95. The number of halogens is 1. The average Bonchev–Trinajstić information content (AvgIpc) is 2.99. The maximum atomic E-state index is 13.0. The van der Waals surface area contributed by atoms with Crippen molar-refractivity contribution < 1.29 is 19.8 Å². The van der Waals surface area contributed by atoms with Gasteiger partial charge in [0, 0.05) is 17.1 Å². The van der Waals surface area contributed by atoms with E-state index in [1.807, 2.05) is 30.3 Å². The lowest BCUT2D eigenvalue weighted by Crippen LogP contribution is -2.29. The molecular weight excluding hydrogens is 402 g/mol. The number of aliphatic hydroxyl groups excluding tert-OH is 1. The largest absolute Gasteiger partial charge is 0.508 e. The predicted molar refractivity (Wildman–Crippen MR) is 114 cm³/mol. The number of ketones is 1. The van der Waals surface area contributed by atoms with E-state index in [4.69, 9.17) is 11.6 Å². The number of aromatic hydroxyl groups is 1. The summed E-state index contributed by atoms with van der Waals surface area (Å²) in [5.41, 5.74) is 1.72. The molecule has 3 aromatic rings. The van der Waals surface area contributed by atoms with Gasteiger partial charge in [0.15, 0.2) is 0 Å². The molecule has 30 heavy (non-hydrogen) atoms. The van der Waals surface area contributed by atoms with Crippen LogP contribution in [0.5, 0.6) is 5.75 Å². The molecule has 0 radical (unpaired) electrons. The Balaban J connectivity index is 1.87. The minimum Gasteiger partial charge on any atom is -0.508 e. The van der Waals surface area contributed by atoms with Gasteiger partial charge in [-0.2, -0.15) is 0 Å². The normalized spacial score (nSPS) is 18.0. The molecule has 0 bridgehead atoms. The molecule has 1 fully saturated rings. The van der Waals surface area contributed by atoms with Gasteiger partial charge in [0.2, 0.25) is 0 Å². The average molecular weight is 420 g/mol. The molecule has 5 nitrogen and oxygen atoms in total. The van der Waals surface area contributed by atoms with Crippen molar-refractivity contribution in [2.45, 2.75) is 12.6 Å². The highest BCUT2D eigenvalue weighted by atomic mass is 35.5. The van der Waals surface area contributed by atoms with Gasteiger partial charge in [-0.25, -0.2) is 0 Å². The molecule has 1 heterocycles. The van der Waals surface area contributed by atoms with Crippen LogP contribution >= 0.6 is 11.6 Å². The van der Waals surface area contributed by atoms with Crippen LogP contribution in [0.2, 0.25) is 5.02 Å². The number of phenols is 1. The van der Waals surface area contributed by atoms with Crippen molar-refractivity contribution in [3.8, 4) is 5.75 Å². The molecule has 0 aromatic heterocycles. The van der Waals surface area contributed by atoms with Gasteiger partial charge >= 0.3 is 0 Å². The summed E-state index contributed by atoms with van der Waals surface area (Å²) < 4.78 is 0. The fourth-order valence-electron chi connectivity index (χ4n) is 3.63. The zero-order chi connectivity index (χ0) is 21.3. The third kappa shape index (κ3) is 3.67. The van der Waals surface area contributed by atoms with Gasteiger partial charge in [0.05, 0.1) is 11.6 Å². The Labute approximate surface area is 178 Å². The van der Waals surface area contributed by atoms with Crippen LogP contribution in [0, 0.1) is 0 Å². The monoisotopic (exact) mass is 419 g/mol. The van der Waals surface area contributed by atoms with Crippen molar-refractivity contribution >= 4 is 29.1 Å². The molecule has 150 valence electrons. The molecule has 0 saturated carbocycles. The Hall–Kier alpha value is -3.57. The summed E-state index contributed by atoms with van der Waals surface area (Å²) in [4.78, 5) is 27.3. The smallest absolute Gasteiger partial charge is 0.295 e. The second-order valence-electron chi connectivity index (χ2n) is 7.01. The van der Waals surface area contributed by atoms with Crippen LogP contribution in [0.15, 0.2) is 84.4 Å². The minimum absolute atomic E-state index is 0.00397. The number of likely N-dealkylation sites (tertiary alicyclic amines) is 1. The molecular formula is C24H18ClNO4. The lowest BCUT2D eigenvalue weighted by Gasteiger charge is -2.25. The lowest BCUT2D eigenvalue weighted by molar-refractivity contribution is -0.140. The zero-order valence-corrected chi connectivity index (χ0v) is 16.6. The highest BCUT2D eigenvalue weighted by molar-refractivity contribution is 6.46. The Morgan fingerprint density at radius 2 is 1.63 bits per heavy atom. The quantitative estimate of drug-likeness (QED) is 0.366. The summed E-state index contributed by atoms with van der Waals surface area (Å²) in [6, 6.07) is 21.2. The third-order valence-corrected chi connectivity index (χ3v) is 5.29. The summed E-state index contributed by atoms with van der Waals surface area (Å²) >= 11 is 5.93. The molecule has 1 saturated heterocycles. The van der Waals surface area contributed by atoms with E-state index in [1.54, 1.807) is 36.4 Å². The van der Waals surface area contributed by atoms with Gasteiger partial charge < -0.3 is 15.1 Å². The van der Waals surface area contributed by atoms with E-state index in [0.717, 1.165) is 5.56 Å². The molecule has 0 spiro atoms. The Kier molecular flexibility index (Phi) is 5.29. The molecule has 3 aromatic carbocycles. The van der Waals surface area contributed by atoms with Crippen LogP contribution in [0.3, 0.4) is 0 Å². The standard InChI is InChI=1S/C24H18ClNO4/c25-18-11-9-16(10-12-18)22(28)20-21(17-7-4-8-19(27)13-17)26(24(30)23(20)29)14-15-5-2-1-3-6-15/h1-13,21,27-28H,14H2/b22-20+. The number of phenolic OH excluding ortho intramolecular Hbond substituents is 1. The van der Waals surface area contributed by atoms with Crippen LogP contribution < -0.4 is 0 Å². The first-order chi connectivity index (χ1) is 14.5. The molecule has 1 unspecified atom stereocenters. The van der Waals surface area contributed by atoms with Gasteiger partial charge in [-0.15, -0.1) is 0 Å². The molecule has 4 rings (SSSR count). The molecule has 1 atom stereocenters. The first-order valence-corrected chi connectivity index (χ1v) is 9.70. The first-order valence-electron chi connectivity index (χ1n) is 9.33. The molecule has 1 amide bonds. The number of rotatable bonds is 4. The highest BCUT2D eigenvalue weighted by Crippen LogP contribution is 2.41. The molecule has 0 aliphatic carbocycles. The summed E-state index contributed by atoms with van der Waals surface area (Å²) in [7, 11) is 0. The van der Waals surface area contributed by atoms with E-state index < -0.39 is 17.7 Å². The van der Waals surface area contributed by atoms with E-state index in [-0.39, 0.29) is 23.6 Å². The van der Waals surface area contributed by atoms with Crippen molar-refractivity contribution in [1.82, 2.24) is 4.90 Å². The fourth-order valence-corrected chi connectivity index (χ4v) is 3.75. The topological polar surface area (TPSA) is 77.8 Å². The Morgan fingerprint density at radius 1 is 0.933 bits per heavy atom. The zero-order valence-electron chi connectivity index (χ0n) is 15.8. The summed E-state index contributed by atoms with van der Waals surface area (Å²) in [6.07, 6.45) is 0. The van der Waals surface area contributed by atoms with Crippen LogP contribution in [-0.2, 0) is 16.1 Å². The van der Waals surface area contributed by atoms with Gasteiger partial charge in [-0.1, -0.05) is 54.1 Å². The Morgan fingerprint density at radius 3 is 2.30 bits per heavy atom. The second kappa shape index (κ2) is 8.05. The Bertz CT molecular complexity index is 1140. The van der Waals surface area contributed by atoms with Crippen molar-refractivity contribution in [2.75, 3.05) is 0 Å². The maximum absolute atomic E-state index is 13.0. The summed E-state index contributed by atoms with van der Waals surface area (Å²) in [5, 5.41) is 21.4. The van der Waals surface area contributed by atoms with Crippen molar-refractivity contribution in [3.05, 3.63) is 106 Å². The molecule has 1 aliphatic rings. The third-order valence-electron chi connectivity index (χ3n) is 5.04. The number of carbonyl (C=O) groups is 2. The SMILES string of the molecule is O=C1C(=O)N(Cc2ccccc2)C(c2cccc(O)c2)/C1=C(\O)c1ccc(Cl)cc1. The second-order valence-corrected chi connectivity index (χ2v) is 7.45. The van der Waals surface area contributed by atoms with Gasteiger partial charge in [-0.3, -0.25) is 9.59 Å². The maximum Gasteiger partial charge on any atom is 0.295 e. The number of carbonyl (C=O) groups excluding carboxylic acids is 2. The van der Waals surface area contributed by atoms with Gasteiger partial charge in [0.25, 0.3) is 11.7 Å². The molecule has 6 heteroatoms. The van der Waals surface area contributed by atoms with E-state index in [9.17, 15) is 19.8 Å². The minimum atomic E-state index is -0.840. The summed E-state index contributed by atoms with van der Waals surface area (Å²) in [5.74, 6) is -1.76. The van der Waals surface area contributed by atoms with Crippen molar-refractivity contribution in [3.63, 3.8) is 0 Å². The number of benzene rings is 3. The molecule has 1 aliphatic heterocycles. The number of amides is 1. The summed E-state index contributed by atoms with van der Waals surface area (Å²) in [6.45, 7) is 0.184.